The molecule has 2 heteroatoms. The summed E-state index contributed by atoms with van der Waals surface area (Å²) >= 11 is 0. The Morgan fingerprint density at radius 3 is 2.53 bits per heavy atom. The van der Waals surface area contributed by atoms with Gasteiger partial charge in [-0.1, -0.05) is 38.2 Å². The minimum Gasteiger partial charge on any atom is -0.377 e. The highest BCUT2D eigenvalue weighted by Crippen LogP contribution is 2.34. The van der Waals surface area contributed by atoms with E-state index in [9.17, 15) is 0 Å². The number of rotatable bonds is 8. The van der Waals surface area contributed by atoms with Crippen LogP contribution in [0.1, 0.15) is 64.2 Å². The number of hydrogen-bond acceptors (Lipinski definition) is 2. The Morgan fingerprint density at radius 1 is 1.24 bits per heavy atom. The van der Waals surface area contributed by atoms with E-state index in [0.29, 0.717) is 0 Å². The van der Waals surface area contributed by atoms with Crippen LogP contribution in [0, 0.1) is 0 Å². The molecule has 2 nitrogen and oxygen atoms in total. The van der Waals surface area contributed by atoms with Gasteiger partial charge in [0.05, 0.1) is 5.60 Å². The zero-order valence-electron chi connectivity index (χ0n) is 11.4. The van der Waals surface area contributed by atoms with Crippen LogP contribution in [0.4, 0.5) is 0 Å². The Bertz CT molecular complexity index is 209. The summed E-state index contributed by atoms with van der Waals surface area (Å²) in [7, 11) is 1.84. The molecule has 1 fully saturated rings. The van der Waals surface area contributed by atoms with Gasteiger partial charge >= 0.3 is 0 Å². The van der Waals surface area contributed by atoms with Crippen molar-refractivity contribution in [3.05, 3.63) is 12.7 Å². The van der Waals surface area contributed by atoms with Crippen molar-refractivity contribution in [2.75, 3.05) is 7.11 Å². The van der Waals surface area contributed by atoms with Crippen molar-refractivity contribution in [2.45, 2.75) is 75.9 Å². The van der Waals surface area contributed by atoms with Crippen LogP contribution in [0.15, 0.2) is 12.7 Å². The largest absolute Gasteiger partial charge is 0.377 e. The number of methoxy groups -OCH3 is 1. The predicted octanol–water partition coefficient (Wildman–Crippen LogP) is 3.80. The molecule has 0 saturated heterocycles. The summed E-state index contributed by atoms with van der Waals surface area (Å²) in [5, 5.41) is 0. The molecule has 0 bridgehead atoms. The zero-order valence-corrected chi connectivity index (χ0v) is 11.4. The molecule has 0 aromatic rings. The fourth-order valence-electron chi connectivity index (χ4n) is 2.97. The van der Waals surface area contributed by atoms with Gasteiger partial charge in [-0.15, -0.1) is 6.58 Å². The maximum absolute atomic E-state index is 6.36. The maximum atomic E-state index is 6.36. The molecule has 1 unspecified atom stereocenters. The lowest BCUT2D eigenvalue weighted by Gasteiger charge is -2.41. The van der Waals surface area contributed by atoms with E-state index in [1.54, 1.807) is 0 Å². The van der Waals surface area contributed by atoms with Crippen molar-refractivity contribution in [3.63, 3.8) is 0 Å². The molecular weight excluding hydrogens is 210 g/mol. The average Bonchev–Trinajstić information content (AvgIpc) is 2.39. The van der Waals surface area contributed by atoms with Gasteiger partial charge in [-0.05, 0) is 32.1 Å². The third-order valence-corrected chi connectivity index (χ3v) is 4.21. The molecule has 1 rings (SSSR count). The van der Waals surface area contributed by atoms with Gasteiger partial charge in [0.15, 0.2) is 0 Å². The first-order valence-corrected chi connectivity index (χ1v) is 7.17. The van der Waals surface area contributed by atoms with Crippen molar-refractivity contribution in [2.24, 2.45) is 5.73 Å². The van der Waals surface area contributed by atoms with Crippen LogP contribution >= 0.6 is 0 Å². The van der Waals surface area contributed by atoms with Gasteiger partial charge in [0.1, 0.15) is 0 Å². The van der Waals surface area contributed by atoms with Gasteiger partial charge in [-0.25, -0.2) is 0 Å². The van der Waals surface area contributed by atoms with Crippen LogP contribution in [-0.2, 0) is 4.74 Å². The molecule has 100 valence electrons. The summed E-state index contributed by atoms with van der Waals surface area (Å²) < 4.78 is 5.78. The molecule has 2 N–H and O–H groups in total. The first-order valence-electron chi connectivity index (χ1n) is 7.17. The van der Waals surface area contributed by atoms with Crippen molar-refractivity contribution in [3.8, 4) is 0 Å². The number of hydrogen-bond donors (Lipinski definition) is 1. The SMILES string of the molecule is C=CCCCCCC(N)C1(OC)CCCCC1. The van der Waals surface area contributed by atoms with Gasteiger partial charge in [-0.2, -0.15) is 0 Å². The molecule has 0 spiro atoms. The van der Waals surface area contributed by atoms with Crippen molar-refractivity contribution >= 4 is 0 Å². The van der Waals surface area contributed by atoms with E-state index in [1.165, 1.54) is 38.5 Å². The monoisotopic (exact) mass is 239 g/mol. The molecule has 1 aliphatic rings. The molecular formula is C15H29NO. The molecule has 1 saturated carbocycles. The molecule has 17 heavy (non-hydrogen) atoms. The first-order chi connectivity index (χ1) is 8.25. The lowest BCUT2D eigenvalue weighted by atomic mass is 9.78. The summed E-state index contributed by atoms with van der Waals surface area (Å²) in [4.78, 5) is 0. The quantitative estimate of drug-likeness (QED) is 0.516. The van der Waals surface area contributed by atoms with Gasteiger partial charge in [0, 0.05) is 13.2 Å². The van der Waals surface area contributed by atoms with Gasteiger partial charge < -0.3 is 10.5 Å². The summed E-state index contributed by atoms with van der Waals surface area (Å²) in [5.41, 5.74) is 6.35. The van der Waals surface area contributed by atoms with E-state index < -0.39 is 0 Å². The summed E-state index contributed by atoms with van der Waals surface area (Å²) in [6.45, 7) is 3.75. The van der Waals surface area contributed by atoms with Crippen molar-refractivity contribution in [1.29, 1.82) is 0 Å². The highest BCUT2D eigenvalue weighted by atomic mass is 16.5. The fourth-order valence-corrected chi connectivity index (χ4v) is 2.97. The highest BCUT2D eigenvalue weighted by Gasteiger charge is 2.37. The van der Waals surface area contributed by atoms with Crippen LogP contribution in [0.25, 0.3) is 0 Å². The Morgan fingerprint density at radius 2 is 1.94 bits per heavy atom. The Kier molecular flexibility index (Phi) is 6.83. The Hall–Kier alpha value is -0.340. The molecule has 0 heterocycles. The van der Waals surface area contributed by atoms with E-state index in [-0.39, 0.29) is 11.6 Å². The van der Waals surface area contributed by atoms with E-state index in [1.807, 2.05) is 13.2 Å². The van der Waals surface area contributed by atoms with Crippen molar-refractivity contribution < 1.29 is 4.74 Å². The van der Waals surface area contributed by atoms with Crippen LogP contribution in [0.3, 0.4) is 0 Å². The summed E-state index contributed by atoms with van der Waals surface area (Å²) in [5.74, 6) is 0. The molecule has 0 aromatic heterocycles. The van der Waals surface area contributed by atoms with Crippen LogP contribution in [-0.4, -0.2) is 18.8 Å². The van der Waals surface area contributed by atoms with Crippen LogP contribution in [0.5, 0.6) is 0 Å². The Labute approximate surface area is 107 Å². The van der Waals surface area contributed by atoms with Crippen LogP contribution < -0.4 is 5.73 Å². The predicted molar refractivity (Wildman–Crippen MR) is 74.1 cm³/mol. The number of ether oxygens (including phenoxy) is 1. The van der Waals surface area contributed by atoms with E-state index in [4.69, 9.17) is 10.5 Å². The minimum atomic E-state index is -0.0172. The molecule has 0 radical (unpaired) electrons. The topological polar surface area (TPSA) is 35.2 Å². The minimum absolute atomic E-state index is 0.0172. The molecule has 1 aliphatic carbocycles. The molecule has 0 aromatic carbocycles. The summed E-state index contributed by atoms with van der Waals surface area (Å²) in [6, 6.07) is 0.219. The van der Waals surface area contributed by atoms with Crippen molar-refractivity contribution in [1.82, 2.24) is 0 Å². The fraction of sp³-hybridized carbons (Fsp3) is 0.867. The van der Waals surface area contributed by atoms with Crippen LogP contribution in [0.2, 0.25) is 0 Å². The van der Waals surface area contributed by atoms with E-state index in [2.05, 4.69) is 6.58 Å². The molecule has 0 aliphatic heterocycles. The third-order valence-electron chi connectivity index (χ3n) is 4.21. The maximum Gasteiger partial charge on any atom is 0.0828 e. The van der Waals surface area contributed by atoms with E-state index >= 15 is 0 Å². The first kappa shape index (κ1) is 14.7. The zero-order chi connectivity index (χ0) is 12.6. The lowest BCUT2D eigenvalue weighted by Crippen LogP contribution is -2.50. The second kappa shape index (κ2) is 7.88. The highest BCUT2D eigenvalue weighted by molar-refractivity contribution is 4.93. The van der Waals surface area contributed by atoms with Gasteiger partial charge in [-0.3, -0.25) is 0 Å². The number of nitrogens with two attached hydrogens (primary N) is 1. The van der Waals surface area contributed by atoms with Gasteiger partial charge in [0.25, 0.3) is 0 Å². The normalized spacial score (nSPS) is 21.1. The van der Waals surface area contributed by atoms with E-state index in [0.717, 1.165) is 25.7 Å². The average molecular weight is 239 g/mol. The molecule has 0 amide bonds. The lowest BCUT2D eigenvalue weighted by molar-refractivity contribution is -0.0605. The third kappa shape index (κ3) is 4.44. The smallest absolute Gasteiger partial charge is 0.0828 e. The Balaban J connectivity index is 2.28. The second-order valence-corrected chi connectivity index (χ2v) is 5.36. The standard InChI is InChI=1S/C15H29NO/c1-3-4-5-6-8-11-14(16)15(17-2)12-9-7-10-13-15/h3,14H,1,4-13,16H2,2H3. The summed E-state index contributed by atoms with van der Waals surface area (Å²) in [6.07, 6.45) is 14.2. The second-order valence-electron chi connectivity index (χ2n) is 5.36. The van der Waals surface area contributed by atoms with Gasteiger partial charge in [0.2, 0.25) is 0 Å². The number of unbranched alkanes of at least 4 members (excludes halogenated alkanes) is 3. The number of allylic oxidation sites excluding steroid dienone is 1. The molecule has 1 atom stereocenters.